The molecule has 2 unspecified atom stereocenters. The van der Waals surface area contributed by atoms with Gasteiger partial charge < -0.3 is 10.4 Å². The standard InChI is InChI=1S/C16H20FN3O2/c1-3-11(2)15(21)10-18-16(22)14-8-9-20(19-14)13-6-4-12(17)5-7-13/h4-9,11,15,21H,3,10H2,1-2H3,(H,18,22). The lowest BCUT2D eigenvalue weighted by Gasteiger charge is -2.17. The van der Waals surface area contributed by atoms with Crippen molar-refractivity contribution >= 4 is 5.91 Å². The van der Waals surface area contributed by atoms with Gasteiger partial charge in [0.05, 0.1) is 11.8 Å². The van der Waals surface area contributed by atoms with Gasteiger partial charge in [-0.15, -0.1) is 0 Å². The summed E-state index contributed by atoms with van der Waals surface area (Å²) in [5, 5.41) is 16.7. The highest BCUT2D eigenvalue weighted by atomic mass is 19.1. The number of hydrogen-bond acceptors (Lipinski definition) is 3. The van der Waals surface area contributed by atoms with Crippen LogP contribution in [0.15, 0.2) is 36.5 Å². The molecule has 1 aromatic heterocycles. The second-order valence-corrected chi connectivity index (χ2v) is 5.28. The molecule has 0 aliphatic heterocycles. The third-order valence-electron chi connectivity index (χ3n) is 3.69. The maximum absolute atomic E-state index is 12.9. The summed E-state index contributed by atoms with van der Waals surface area (Å²) in [6, 6.07) is 7.40. The number of aliphatic hydroxyl groups is 1. The van der Waals surface area contributed by atoms with Gasteiger partial charge in [0.15, 0.2) is 5.69 Å². The number of rotatable bonds is 6. The van der Waals surface area contributed by atoms with Gasteiger partial charge in [0.2, 0.25) is 0 Å². The van der Waals surface area contributed by atoms with E-state index in [2.05, 4.69) is 10.4 Å². The average Bonchev–Trinajstić information content (AvgIpc) is 3.02. The number of carbonyl (C=O) groups excluding carboxylic acids is 1. The largest absolute Gasteiger partial charge is 0.391 e. The predicted molar refractivity (Wildman–Crippen MR) is 81.3 cm³/mol. The van der Waals surface area contributed by atoms with Gasteiger partial charge in [-0.25, -0.2) is 9.07 Å². The highest BCUT2D eigenvalue weighted by Crippen LogP contribution is 2.09. The molecule has 1 amide bonds. The lowest BCUT2D eigenvalue weighted by molar-refractivity contribution is 0.0845. The molecule has 0 saturated heterocycles. The van der Waals surface area contributed by atoms with E-state index in [9.17, 15) is 14.3 Å². The first kappa shape index (κ1) is 16.2. The van der Waals surface area contributed by atoms with Crippen LogP contribution in [0.1, 0.15) is 30.8 Å². The van der Waals surface area contributed by atoms with E-state index >= 15 is 0 Å². The number of amides is 1. The van der Waals surface area contributed by atoms with Crippen LogP contribution in [-0.4, -0.2) is 33.4 Å². The molecule has 2 atom stereocenters. The molecule has 0 bridgehead atoms. The Kier molecular flexibility index (Phi) is 5.27. The van der Waals surface area contributed by atoms with Crippen molar-refractivity contribution in [2.45, 2.75) is 26.4 Å². The van der Waals surface area contributed by atoms with Gasteiger partial charge >= 0.3 is 0 Å². The number of nitrogens with zero attached hydrogens (tertiary/aromatic N) is 2. The third kappa shape index (κ3) is 3.92. The van der Waals surface area contributed by atoms with Gasteiger partial charge in [0, 0.05) is 12.7 Å². The average molecular weight is 305 g/mol. The van der Waals surface area contributed by atoms with Crippen molar-refractivity contribution in [3.05, 3.63) is 48.0 Å². The number of aromatic nitrogens is 2. The van der Waals surface area contributed by atoms with Crippen LogP contribution in [0.3, 0.4) is 0 Å². The van der Waals surface area contributed by atoms with Gasteiger partial charge in [0.1, 0.15) is 5.82 Å². The van der Waals surface area contributed by atoms with E-state index in [1.165, 1.54) is 16.8 Å². The quantitative estimate of drug-likeness (QED) is 0.859. The highest BCUT2D eigenvalue weighted by Gasteiger charge is 2.15. The van der Waals surface area contributed by atoms with Crippen molar-refractivity contribution < 1.29 is 14.3 Å². The minimum Gasteiger partial charge on any atom is -0.391 e. The van der Waals surface area contributed by atoms with Crippen LogP contribution in [0.2, 0.25) is 0 Å². The summed E-state index contributed by atoms with van der Waals surface area (Å²) in [4.78, 5) is 12.0. The summed E-state index contributed by atoms with van der Waals surface area (Å²) in [7, 11) is 0. The molecule has 0 aliphatic rings. The molecule has 6 heteroatoms. The molecular weight excluding hydrogens is 285 g/mol. The minimum absolute atomic E-state index is 0.122. The SMILES string of the molecule is CCC(C)C(O)CNC(=O)c1ccn(-c2ccc(F)cc2)n1. The Morgan fingerprint density at radius 1 is 1.36 bits per heavy atom. The van der Waals surface area contributed by atoms with E-state index in [0.29, 0.717) is 5.69 Å². The normalized spacial score (nSPS) is 13.6. The fourth-order valence-electron chi connectivity index (χ4n) is 1.94. The van der Waals surface area contributed by atoms with Crippen LogP contribution in [0.5, 0.6) is 0 Å². The summed E-state index contributed by atoms with van der Waals surface area (Å²) < 4.78 is 14.4. The van der Waals surface area contributed by atoms with E-state index in [1.807, 2.05) is 13.8 Å². The summed E-state index contributed by atoms with van der Waals surface area (Å²) in [5.41, 5.74) is 0.917. The van der Waals surface area contributed by atoms with Crippen LogP contribution >= 0.6 is 0 Å². The first-order valence-corrected chi connectivity index (χ1v) is 7.29. The van der Waals surface area contributed by atoms with Gasteiger partial charge in [-0.1, -0.05) is 20.3 Å². The molecule has 118 valence electrons. The van der Waals surface area contributed by atoms with E-state index in [4.69, 9.17) is 0 Å². The number of aliphatic hydroxyl groups excluding tert-OH is 1. The fourth-order valence-corrected chi connectivity index (χ4v) is 1.94. The minimum atomic E-state index is -0.576. The van der Waals surface area contributed by atoms with Gasteiger partial charge in [-0.2, -0.15) is 5.10 Å². The number of halogens is 1. The van der Waals surface area contributed by atoms with E-state index in [0.717, 1.165) is 6.42 Å². The van der Waals surface area contributed by atoms with Crippen molar-refractivity contribution in [2.24, 2.45) is 5.92 Å². The molecule has 0 fully saturated rings. The first-order chi connectivity index (χ1) is 10.5. The molecule has 1 heterocycles. The molecule has 0 saturated carbocycles. The van der Waals surface area contributed by atoms with Crippen LogP contribution in [0.4, 0.5) is 4.39 Å². The van der Waals surface area contributed by atoms with E-state index < -0.39 is 6.10 Å². The Morgan fingerprint density at radius 2 is 2.05 bits per heavy atom. The molecule has 5 nitrogen and oxygen atoms in total. The maximum atomic E-state index is 12.9. The second-order valence-electron chi connectivity index (χ2n) is 5.28. The second kappa shape index (κ2) is 7.17. The highest BCUT2D eigenvalue weighted by molar-refractivity contribution is 5.92. The Bertz CT molecular complexity index is 625. The molecule has 1 aromatic carbocycles. The van der Waals surface area contributed by atoms with Crippen molar-refractivity contribution in [1.29, 1.82) is 0 Å². The summed E-state index contributed by atoms with van der Waals surface area (Å²) in [6.45, 7) is 4.11. The van der Waals surface area contributed by atoms with E-state index in [1.54, 1.807) is 24.4 Å². The number of hydrogen-bond donors (Lipinski definition) is 2. The number of carbonyl (C=O) groups is 1. The number of nitrogens with one attached hydrogen (secondary N) is 1. The lowest BCUT2D eigenvalue weighted by Crippen LogP contribution is -2.35. The monoisotopic (exact) mass is 305 g/mol. The summed E-state index contributed by atoms with van der Waals surface area (Å²) in [5.74, 6) is -0.548. The van der Waals surface area contributed by atoms with Crippen LogP contribution in [-0.2, 0) is 0 Å². The van der Waals surface area contributed by atoms with Crippen LogP contribution < -0.4 is 5.32 Å². The topological polar surface area (TPSA) is 67.2 Å². The lowest BCUT2D eigenvalue weighted by atomic mass is 10.0. The van der Waals surface area contributed by atoms with E-state index in [-0.39, 0.29) is 29.9 Å². The third-order valence-corrected chi connectivity index (χ3v) is 3.69. The van der Waals surface area contributed by atoms with Crippen molar-refractivity contribution in [2.75, 3.05) is 6.54 Å². The molecule has 22 heavy (non-hydrogen) atoms. The molecule has 2 rings (SSSR count). The first-order valence-electron chi connectivity index (χ1n) is 7.29. The molecular formula is C16H20FN3O2. The Balaban J connectivity index is 1.99. The Morgan fingerprint density at radius 3 is 2.68 bits per heavy atom. The Labute approximate surface area is 128 Å². The Hall–Kier alpha value is -2.21. The summed E-state index contributed by atoms with van der Waals surface area (Å²) in [6.07, 6.45) is 1.90. The molecule has 0 radical (unpaired) electrons. The van der Waals surface area contributed by atoms with Crippen molar-refractivity contribution in [3.8, 4) is 5.69 Å². The van der Waals surface area contributed by atoms with Crippen molar-refractivity contribution in [3.63, 3.8) is 0 Å². The van der Waals surface area contributed by atoms with Crippen LogP contribution in [0.25, 0.3) is 5.69 Å². The van der Waals surface area contributed by atoms with Gasteiger partial charge in [-0.3, -0.25) is 4.79 Å². The summed E-state index contributed by atoms with van der Waals surface area (Å²) >= 11 is 0. The number of benzene rings is 1. The predicted octanol–water partition coefficient (Wildman–Crippen LogP) is 2.15. The molecule has 0 spiro atoms. The molecule has 2 aromatic rings. The van der Waals surface area contributed by atoms with Gasteiger partial charge in [0.25, 0.3) is 5.91 Å². The smallest absolute Gasteiger partial charge is 0.271 e. The zero-order chi connectivity index (χ0) is 16.1. The zero-order valence-corrected chi connectivity index (χ0v) is 12.7. The fraction of sp³-hybridized carbons (Fsp3) is 0.375. The molecule has 2 N–H and O–H groups in total. The molecule has 0 aliphatic carbocycles. The maximum Gasteiger partial charge on any atom is 0.271 e. The van der Waals surface area contributed by atoms with Crippen LogP contribution in [0, 0.1) is 11.7 Å². The van der Waals surface area contributed by atoms with Crippen molar-refractivity contribution in [1.82, 2.24) is 15.1 Å². The zero-order valence-electron chi connectivity index (χ0n) is 12.7. The van der Waals surface area contributed by atoms with Gasteiger partial charge in [-0.05, 0) is 36.2 Å².